The number of phenols is 2. The Balaban J connectivity index is 1.88. The maximum atomic E-state index is 9.78. The zero-order valence-electron chi connectivity index (χ0n) is 11.7. The predicted octanol–water partition coefficient (Wildman–Crippen LogP) is -1.54. The lowest BCUT2D eigenvalue weighted by Gasteiger charge is -2.39. The van der Waals surface area contributed by atoms with Crippen LogP contribution in [-0.4, -0.2) is 74.6 Å². The van der Waals surface area contributed by atoms with Crippen molar-refractivity contribution in [2.45, 2.75) is 37.1 Å². The third kappa shape index (κ3) is 3.67. The maximum Gasteiger partial charge on any atom is 0.186 e. The standard InChI is InChI=1S/C14H20O8/c15-6-10-11(18)12(19)13(20)14(22-10)21-4-3-7-1-2-8(16)9(17)5-7/h1-2,5,10-20H,3-4,6H2/t10-,11-,12+,13-,14-/m1/s1. The minimum absolute atomic E-state index is 0.104. The molecule has 1 aromatic rings. The lowest BCUT2D eigenvalue weighted by Crippen LogP contribution is -2.59. The van der Waals surface area contributed by atoms with E-state index >= 15 is 0 Å². The molecule has 0 amide bonds. The number of hydrogen-bond donors (Lipinski definition) is 6. The lowest BCUT2D eigenvalue weighted by molar-refractivity contribution is -0.300. The smallest absolute Gasteiger partial charge is 0.186 e. The third-order valence-electron chi connectivity index (χ3n) is 3.56. The minimum atomic E-state index is -1.48. The molecule has 0 aliphatic carbocycles. The molecule has 124 valence electrons. The highest BCUT2D eigenvalue weighted by atomic mass is 16.7. The number of aliphatic hydroxyl groups is 4. The molecule has 1 heterocycles. The van der Waals surface area contributed by atoms with Crippen LogP contribution in [0.2, 0.25) is 0 Å². The summed E-state index contributed by atoms with van der Waals surface area (Å²) in [4.78, 5) is 0. The van der Waals surface area contributed by atoms with Crippen LogP contribution in [0.25, 0.3) is 0 Å². The van der Waals surface area contributed by atoms with E-state index in [0.29, 0.717) is 12.0 Å². The molecule has 8 nitrogen and oxygen atoms in total. The van der Waals surface area contributed by atoms with Gasteiger partial charge in [-0.25, -0.2) is 0 Å². The fraction of sp³-hybridized carbons (Fsp3) is 0.571. The Morgan fingerprint density at radius 1 is 1.00 bits per heavy atom. The van der Waals surface area contributed by atoms with Crippen molar-refractivity contribution < 1.29 is 40.1 Å². The third-order valence-corrected chi connectivity index (χ3v) is 3.56. The van der Waals surface area contributed by atoms with Crippen molar-refractivity contribution >= 4 is 0 Å². The van der Waals surface area contributed by atoms with Crippen molar-refractivity contribution in [1.29, 1.82) is 0 Å². The first-order chi connectivity index (χ1) is 10.4. The predicted molar refractivity (Wildman–Crippen MR) is 73.2 cm³/mol. The van der Waals surface area contributed by atoms with Gasteiger partial charge in [-0.3, -0.25) is 0 Å². The summed E-state index contributed by atoms with van der Waals surface area (Å²) >= 11 is 0. The van der Waals surface area contributed by atoms with Gasteiger partial charge < -0.3 is 40.1 Å². The summed E-state index contributed by atoms with van der Waals surface area (Å²) in [6.07, 6.45) is -6.17. The van der Waals surface area contributed by atoms with Gasteiger partial charge in [0.15, 0.2) is 17.8 Å². The molecule has 5 atom stereocenters. The molecular weight excluding hydrogens is 296 g/mol. The van der Waals surface area contributed by atoms with E-state index in [0.717, 1.165) is 0 Å². The molecule has 0 saturated carbocycles. The minimum Gasteiger partial charge on any atom is -0.504 e. The Labute approximate surface area is 126 Å². The van der Waals surface area contributed by atoms with Crippen LogP contribution < -0.4 is 0 Å². The molecule has 1 aliphatic rings. The van der Waals surface area contributed by atoms with E-state index in [9.17, 15) is 25.5 Å². The van der Waals surface area contributed by atoms with E-state index in [2.05, 4.69) is 0 Å². The van der Waals surface area contributed by atoms with Crippen LogP contribution in [-0.2, 0) is 15.9 Å². The molecule has 0 aromatic heterocycles. The van der Waals surface area contributed by atoms with Gasteiger partial charge in [0.05, 0.1) is 13.2 Å². The highest BCUT2D eigenvalue weighted by Gasteiger charge is 2.43. The first-order valence-electron chi connectivity index (χ1n) is 6.87. The van der Waals surface area contributed by atoms with Gasteiger partial charge in [-0.1, -0.05) is 6.07 Å². The first-order valence-corrected chi connectivity index (χ1v) is 6.87. The van der Waals surface area contributed by atoms with Crippen molar-refractivity contribution in [2.24, 2.45) is 0 Å². The SMILES string of the molecule is OC[C@H]1O[C@@H](OCCc2ccc(O)c(O)c2)[C@H](O)[C@@H](O)[C@@H]1O. The average Bonchev–Trinajstić information content (AvgIpc) is 2.51. The number of rotatable bonds is 5. The van der Waals surface area contributed by atoms with Crippen LogP contribution in [0.5, 0.6) is 11.5 Å². The quantitative estimate of drug-likeness (QED) is 0.359. The van der Waals surface area contributed by atoms with Crippen LogP contribution in [0.4, 0.5) is 0 Å². The molecule has 6 N–H and O–H groups in total. The Morgan fingerprint density at radius 3 is 2.36 bits per heavy atom. The van der Waals surface area contributed by atoms with Crippen molar-refractivity contribution in [3.05, 3.63) is 23.8 Å². The second-order valence-electron chi connectivity index (χ2n) is 5.14. The summed E-state index contributed by atoms with van der Waals surface area (Å²) in [5, 5.41) is 56.7. The van der Waals surface area contributed by atoms with Gasteiger partial charge in [-0.05, 0) is 24.1 Å². The Hall–Kier alpha value is -1.42. The second kappa shape index (κ2) is 7.23. The zero-order chi connectivity index (χ0) is 16.3. The molecule has 1 aliphatic heterocycles. The molecule has 1 saturated heterocycles. The Morgan fingerprint density at radius 2 is 1.73 bits per heavy atom. The zero-order valence-corrected chi connectivity index (χ0v) is 11.7. The molecule has 0 radical (unpaired) electrons. The van der Waals surface area contributed by atoms with E-state index in [1.165, 1.54) is 12.1 Å². The summed E-state index contributed by atoms with van der Waals surface area (Å²) in [5.74, 6) is -0.469. The van der Waals surface area contributed by atoms with E-state index in [1.807, 2.05) is 0 Å². The largest absolute Gasteiger partial charge is 0.504 e. The van der Waals surface area contributed by atoms with Gasteiger partial charge in [0.25, 0.3) is 0 Å². The van der Waals surface area contributed by atoms with Gasteiger partial charge in [-0.15, -0.1) is 0 Å². The van der Waals surface area contributed by atoms with Gasteiger partial charge in [0.1, 0.15) is 24.4 Å². The Bertz CT molecular complexity index is 492. The molecule has 0 spiro atoms. The molecule has 1 aromatic carbocycles. The maximum absolute atomic E-state index is 9.78. The van der Waals surface area contributed by atoms with Crippen LogP contribution in [0.1, 0.15) is 5.56 Å². The summed E-state index contributed by atoms with van der Waals surface area (Å²) in [6.45, 7) is -0.413. The first kappa shape index (κ1) is 16.9. The number of aromatic hydroxyl groups is 2. The second-order valence-corrected chi connectivity index (χ2v) is 5.14. The monoisotopic (exact) mass is 316 g/mol. The highest BCUT2D eigenvalue weighted by Crippen LogP contribution is 2.25. The topological polar surface area (TPSA) is 140 Å². The summed E-state index contributed by atoms with van der Waals surface area (Å²) in [7, 11) is 0. The summed E-state index contributed by atoms with van der Waals surface area (Å²) in [5.41, 5.74) is 0.694. The van der Waals surface area contributed by atoms with Crippen molar-refractivity contribution in [3.63, 3.8) is 0 Å². The normalized spacial score (nSPS) is 32.1. The molecule has 1 fully saturated rings. The van der Waals surface area contributed by atoms with Crippen LogP contribution in [0, 0.1) is 0 Å². The Kier molecular flexibility index (Phi) is 5.57. The molecule has 8 heteroatoms. The molecule has 0 bridgehead atoms. The van der Waals surface area contributed by atoms with Crippen LogP contribution >= 0.6 is 0 Å². The van der Waals surface area contributed by atoms with E-state index in [1.54, 1.807) is 6.07 Å². The van der Waals surface area contributed by atoms with Gasteiger partial charge in [0, 0.05) is 0 Å². The number of phenolic OH excluding ortho intramolecular Hbond substituents is 2. The van der Waals surface area contributed by atoms with Gasteiger partial charge in [0.2, 0.25) is 0 Å². The fourth-order valence-electron chi connectivity index (χ4n) is 2.22. The van der Waals surface area contributed by atoms with Crippen LogP contribution in [0.3, 0.4) is 0 Å². The van der Waals surface area contributed by atoms with E-state index in [-0.39, 0.29) is 18.1 Å². The molecule has 0 unspecified atom stereocenters. The number of aliphatic hydroxyl groups excluding tert-OH is 4. The van der Waals surface area contributed by atoms with Crippen molar-refractivity contribution in [1.82, 2.24) is 0 Å². The van der Waals surface area contributed by atoms with Crippen LogP contribution in [0.15, 0.2) is 18.2 Å². The molecule has 2 rings (SSSR count). The van der Waals surface area contributed by atoms with Gasteiger partial charge in [-0.2, -0.15) is 0 Å². The van der Waals surface area contributed by atoms with E-state index < -0.39 is 37.3 Å². The van der Waals surface area contributed by atoms with Crippen molar-refractivity contribution in [3.8, 4) is 11.5 Å². The van der Waals surface area contributed by atoms with Gasteiger partial charge >= 0.3 is 0 Å². The number of hydrogen-bond acceptors (Lipinski definition) is 8. The molecule has 22 heavy (non-hydrogen) atoms. The van der Waals surface area contributed by atoms with Crippen molar-refractivity contribution in [2.75, 3.05) is 13.2 Å². The highest BCUT2D eigenvalue weighted by molar-refractivity contribution is 5.40. The summed E-state index contributed by atoms with van der Waals surface area (Å²) in [6, 6.07) is 4.33. The number of ether oxygens (including phenoxy) is 2. The fourth-order valence-corrected chi connectivity index (χ4v) is 2.22. The lowest BCUT2D eigenvalue weighted by atomic mass is 9.99. The van der Waals surface area contributed by atoms with E-state index in [4.69, 9.17) is 14.6 Å². The summed E-state index contributed by atoms with van der Waals surface area (Å²) < 4.78 is 10.5. The molecular formula is C14H20O8. The number of benzene rings is 1. The average molecular weight is 316 g/mol.